The second kappa shape index (κ2) is 3.38. The third-order valence-corrected chi connectivity index (χ3v) is 2.48. The molecule has 3 nitrogen and oxygen atoms in total. The molecule has 14 heavy (non-hydrogen) atoms. The summed E-state index contributed by atoms with van der Waals surface area (Å²) in [7, 11) is 0. The number of carboxylic acid groups (broad SMARTS) is 1. The minimum Gasteiger partial charge on any atom is -0.481 e. The number of carboxylic acids is 1. The summed E-state index contributed by atoms with van der Waals surface area (Å²) in [6, 6.07) is 5.64. The molecule has 2 N–H and O–H groups in total. The van der Waals surface area contributed by atoms with E-state index >= 15 is 0 Å². The van der Waals surface area contributed by atoms with E-state index in [1.54, 1.807) is 6.20 Å². The summed E-state index contributed by atoms with van der Waals surface area (Å²) in [4.78, 5) is 14.4. The van der Waals surface area contributed by atoms with Gasteiger partial charge in [-0.1, -0.05) is 6.07 Å². The van der Waals surface area contributed by atoms with Gasteiger partial charge in [-0.2, -0.15) is 0 Å². The predicted octanol–water partition coefficient (Wildman–Crippen LogP) is 2.08. The zero-order valence-corrected chi connectivity index (χ0v) is 8.21. The first-order valence-electron chi connectivity index (χ1n) is 4.18. The molecule has 2 aromatic rings. The summed E-state index contributed by atoms with van der Waals surface area (Å²) < 4.78 is 0. The SMILES string of the molecule is O=C(O)Cc1c[nH]c2cccc(S)c12. The first-order chi connectivity index (χ1) is 6.68. The van der Waals surface area contributed by atoms with Crippen LogP contribution in [0.25, 0.3) is 10.9 Å². The van der Waals surface area contributed by atoms with Gasteiger partial charge >= 0.3 is 5.97 Å². The predicted molar refractivity (Wildman–Crippen MR) is 56.9 cm³/mol. The molecule has 0 aliphatic carbocycles. The second-order valence-electron chi connectivity index (χ2n) is 3.08. The molecule has 72 valence electrons. The Kier molecular flexibility index (Phi) is 2.21. The molecule has 2 rings (SSSR count). The van der Waals surface area contributed by atoms with E-state index in [1.165, 1.54) is 0 Å². The third kappa shape index (κ3) is 1.48. The number of hydrogen-bond acceptors (Lipinski definition) is 2. The number of nitrogens with one attached hydrogen (secondary N) is 1. The van der Waals surface area contributed by atoms with Crippen molar-refractivity contribution in [2.24, 2.45) is 0 Å². The van der Waals surface area contributed by atoms with Gasteiger partial charge in [-0.25, -0.2) is 0 Å². The number of rotatable bonds is 2. The summed E-state index contributed by atoms with van der Waals surface area (Å²) in [6.45, 7) is 0. The van der Waals surface area contributed by atoms with Crippen molar-refractivity contribution in [2.75, 3.05) is 0 Å². The van der Waals surface area contributed by atoms with Crippen LogP contribution >= 0.6 is 12.6 Å². The summed E-state index contributed by atoms with van der Waals surface area (Å²) in [5.41, 5.74) is 1.70. The van der Waals surface area contributed by atoms with Gasteiger partial charge in [0.1, 0.15) is 0 Å². The molecule has 0 fully saturated rings. The number of carbonyl (C=O) groups is 1. The normalized spacial score (nSPS) is 10.6. The number of aliphatic carboxylic acids is 1. The van der Waals surface area contributed by atoms with Crippen molar-refractivity contribution in [1.82, 2.24) is 4.98 Å². The van der Waals surface area contributed by atoms with Crippen LogP contribution in [0.2, 0.25) is 0 Å². The maximum absolute atomic E-state index is 10.6. The number of H-pyrrole nitrogens is 1. The molecule has 0 aliphatic rings. The van der Waals surface area contributed by atoms with Gasteiger partial charge in [-0.15, -0.1) is 12.6 Å². The quantitative estimate of drug-likeness (QED) is 0.660. The Bertz CT molecular complexity index is 490. The second-order valence-corrected chi connectivity index (χ2v) is 3.57. The average Bonchev–Trinajstić information content (AvgIpc) is 2.49. The summed E-state index contributed by atoms with van der Waals surface area (Å²) >= 11 is 4.30. The van der Waals surface area contributed by atoms with Gasteiger partial charge in [-0.05, 0) is 17.7 Å². The maximum atomic E-state index is 10.6. The van der Waals surface area contributed by atoms with Crippen LogP contribution in [-0.4, -0.2) is 16.1 Å². The van der Waals surface area contributed by atoms with Gasteiger partial charge < -0.3 is 10.1 Å². The highest BCUT2D eigenvalue weighted by atomic mass is 32.1. The lowest BCUT2D eigenvalue weighted by Gasteiger charge is -1.97. The first-order valence-corrected chi connectivity index (χ1v) is 4.63. The molecule has 0 bridgehead atoms. The van der Waals surface area contributed by atoms with E-state index in [0.29, 0.717) is 0 Å². The highest BCUT2D eigenvalue weighted by Crippen LogP contribution is 2.25. The highest BCUT2D eigenvalue weighted by Gasteiger charge is 2.09. The Morgan fingerprint density at radius 2 is 2.29 bits per heavy atom. The lowest BCUT2D eigenvalue weighted by molar-refractivity contribution is -0.136. The molecule has 0 saturated heterocycles. The van der Waals surface area contributed by atoms with E-state index in [0.717, 1.165) is 21.4 Å². The monoisotopic (exact) mass is 207 g/mol. The van der Waals surface area contributed by atoms with E-state index in [-0.39, 0.29) is 6.42 Å². The van der Waals surface area contributed by atoms with E-state index in [1.807, 2.05) is 18.2 Å². The topological polar surface area (TPSA) is 53.1 Å². The zero-order valence-electron chi connectivity index (χ0n) is 7.32. The zero-order chi connectivity index (χ0) is 10.1. The van der Waals surface area contributed by atoms with Gasteiger partial charge in [0.2, 0.25) is 0 Å². The fourth-order valence-electron chi connectivity index (χ4n) is 1.54. The van der Waals surface area contributed by atoms with Crippen LogP contribution in [0, 0.1) is 0 Å². The molecule has 0 aliphatic heterocycles. The van der Waals surface area contributed by atoms with Crippen molar-refractivity contribution < 1.29 is 9.90 Å². The molecule has 0 radical (unpaired) electrons. The Morgan fingerprint density at radius 3 is 3.00 bits per heavy atom. The largest absolute Gasteiger partial charge is 0.481 e. The van der Waals surface area contributed by atoms with Gasteiger partial charge in [0, 0.05) is 22.0 Å². The van der Waals surface area contributed by atoms with Crippen LogP contribution in [-0.2, 0) is 11.2 Å². The lowest BCUT2D eigenvalue weighted by Crippen LogP contribution is -1.98. The lowest BCUT2D eigenvalue weighted by atomic mass is 10.1. The summed E-state index contributed by atoms with van der Waals surface area (Å²) in [6.07, 6.45) is 1.75. The van der Waals surface area contributed by atoms with Crippen molar-refractivity contribution >= 4 is 29.5 Å². The summed E-state index contributed by atoms with van der Waals surface area (Å²) in [5, 5.41) is 9.60. The Labute approximate surface area is 86.2 Å². The molecular weight excluding hydrogens is 198 g/mol. The fourth-order valence-corrected chi connectivity index (χ4v) is 1.89. The average molecular weight is 207 g/mol. The van der Waals surface area contributed by atoms with Crippen molar-refractivity contribution in [3.63, 3.8) is 0 Å². The summed E-state index contributed by atoms with van der Waals surface area (Å²) in [5.74, 6) is -0.831. The van der Waals surface area contributed by atoms with Crippen molar-refractivity contribution in [1.29, 1.82) is 0 Å². The number of fused-ring (bicyclic) bond motifs is 1. The van der Waals surface area contributed by atoms with Crippen molar-refractivity contribution in [3.05, 3.63) is 30.0 Å². The number of hydrogen-bond donors (Lipinski definition) is 3. The molecule has 4 heteroatoms. The van der Waals surface area contributed by atoms with E-state index < -0.39 is 5.97 Å². The highest BCUT2D eigenvalue weighted by molar-refractivity contribution is 7.80. The molecule has 0 saturated carbocycles. The van der Waals surface area contributed by atoms with Crippen LogP contribution in [0.15, 0.2) is 29.3 Å². The third-order valence-electron chi connectivity index (χ3n) is 2.11. The first kappa shape index (κ1) is 9.15. The maximum Gasteiger partial charge on any atom is 0.307 e. The Balaban J connectivity index is 2.61. The van der Waals surface area contributed by atoms with Gasteiger partial charge in [0.15, 0.2) is 0 Å². The Morgan fingerprint density at radius 1 is 1.50 bits per heavy atom. The molecule has 0 unspecified atom stereocenters. The van der Waals surface area contributed by atoms with Crippen molar-refractivity contribution in [2.45, 2.75) is 11.3 Å². The Hall–Kier alpha value is -1.42. The minimum absolute atomic E-state index is 0.0254. The standard InChI is InChI=1S/C10H9NO2S/c12-9(13)4-6-5-11-7-2-1-3-8(14)10(6)7/h1-3,5,11,14H,4H2,(H,12,13). The molecule has 1 aromatic heterocycles. The van der Waals surface area contributed by atoms with E-state index in [2.05, 4.69) is 17.6 Å². The van der Waals surface area contributed by atoms with Crippen LogP contribution in [0.3, 0.4) is 0 Å². The molecule has 0 amide bonds. The van der Waals surface area contributed by atoms with Gasteiger partial charge in [-0.3, -0.25) is 4.79 Å². The van der Waals surface area contributed by atoms with Crippen LogP contribution in [0.4, 0.5) is 0 Å². The molecular formula is C10H9NO2S. The van der Waals surface area contributed by atoms with E-state index in [9.17, 15) is 4.79 Å². The number of thiol groups is 1. The van der Waals surface area contributed by atoms with Crippen molar-refractivity contribution in [3.8, 4) is 0 Å². The van der Waals surface area contributed by atoms with Crippen LogP contribution in [0.1, 0.15) is 5.56 Å². The molecule has 0 spiro atoms. The number of benzene rings is 1. The molecule has 0 atom stereocenters. The number of aromatic amines is 1. The molecule has 1 heterocycles. The van der Waals surface area contributed by atoms with E-state index in [4.69, 9.17) is 5.11 Å². The minimum atomic E-state index is -0.831. The fraction of sp³-hybridized carbons (Fsp3) is 0.100. The van der Waals surface area contributed by atoms with Gasteiger partial charge in [0.05, 0.1) is 6.42 Å². The van der Waals surface area contributed by atoms with Crippen LogP contribution in [0.5, 0.6) is 0 Å². The smallest absolute Gasteiger partial charge is 0.307 e. The van der Waals surface area contributed by atoms with Gasteiger partial charge in [0.25, 0.3) is 0 Å². The number of aromatic nitrogens is 1. The molecule has 1 aromatic carbocycles. The van der Waals surface area contributed by atoms with Crippen LogP contribution < -0.4 is 0 Å².